The molecule has 1 aromatic carbocycles. The van der Waals surface area contributed by atoms with Gasteiger partial charge in [-0.25, -0.2) is 0 Å². The molecule has 1 amide bonds. The van der Waals surface area contributed by atoms with Crippen LogP contribution >= 0.6 is 11.6 Å². The third-order valence-electron chi connectivity index (χ3n) is 2.03. The lowest BCUT2D eigenvalue weighted by Gasteiger charge is -2.06. The van der Waals surface area contributed by atoms with E-state index in [1.54, 1.807) is 36.4 Å². The molecule has 0 heterocycles. The van der Waals surface area contributed by atoms with Gasteiger partial charge < -0.3 is 10.1 Å². The molecule has 1 N–H and O–H groups in total. The summed E-state index contributed by atoms with van der Waals surface area (Å²) in [6.07, 6.45) is 6.81. The fourth-order valence-electron chi connectivity index (χ4n) is 1.19. The summed E-state index contributed by atoms with van der Waals surface area (Å²) in [4.78, 5) is 11.3. The Morgan fingerprint density at radius 2 is 2.06 bits per heavy atom. The number of benzene rings is 1. The number of nitrogens with one attached hydrogen (secondary N) is 1. The van der Waals surface area contributed by atoms with Crippen molar-refractivity contribution in [3.05, 3.63) is 53.6 Å². The van der Waals surface area contributed by atoms with Crippen LogP contribution in [0.2, 0.25) is 5.02 Å². The van der Waals surface area contributed by atoms with Gasteiger partial charge >= 0.3 is 0 Å². The van der Waals surface area contributed by atoms with Crippen LogP contribution in [-0.2, 0) is 4.79 Å². The number of carbonyl (C=O) groups excluding carboxylic acids is 1. The largest absolute Gasteiger partial charge is 0.492 e. The Kier molecular flexibility index (Phi) is 6.66. The molecule has 0 radical (unpaired) electrons. The van der Waals surface area contributed by atoms with Gasteiger partial charge in [0.25, 0.3) is 0 Å². The molecule has 4 heteroatoms. The maximum atomic E-state index is 11.3. The molecule has 0 saturated carbocycles. The number of halogens is 1. The van der Waals surface area contributed by atoms with Crippen LogP contribution < -0.4 is 10.1 Å². The maximum absolute atomic E-state index is 11.3. The van der Waals surface area contributed by atoms with Gasteiger partial charge in [-0.05, 0) is 31.2 Å². The molecule has 0 atom stereocenters. The molecule has 3 nitrogen and oxygen atoms in total. The van der Waals surface area contributed by atoms with E-state index in [0.717, 1.165) is 5.75 Å². The van der Waals surface area contributed by atoms with Crippen LogP contribution in [0.5, 0.6) is 5.75 Å². The van der Waals surface area contributed by atoms with Crippen LogP contribution in [0.4, 0.5) is 0 Å². The summed E-state index contributed by atoms with van der Waals surface area (Å²) in [6.45, 7) is 2.77. The lowest BCUT2D eigenvalue weighted by Crippen LogP contribution is -2.26. The van der Waals surface area contributed by atoms with Gasteiger partial charge in [0.15, 0.2) is 0 Å². The van der Waals surface area contributed by atoms with Gasteiger partial charge in [0, 0.05) is 11.1 Å². The maximum Gasteiger partial charge on any atom is 0.244 e. The minimum absolute atomic E-state index is 0.132. The summed E-state index contributed by atoms with van der Waals surface area (Å²) in [6, 6.07) is 7.09. The Labute approximate surface area is 112 Å². The first kappa shape index (κ1) is 14.3. The van der Waals surface area contributed by atoms with Crippen LogP contribution in [0.25, 0.3) is 0 Å². The Hall–Kier alpha value is -1.74. The van der Waals surface area contributed by atoms with E-state index < -0.39 is 0 Å². The third kappa shape index (κ3) is 6.11. The number of ether oxygens (including phenoxy) is 1. The number of amides is 1. The first-order valence-corrected chi connectivity index (χ1v) is 6.05. The third-order valence-corrected chi connectivity index (χ3v) is 2.29. The van der Waals surface area contributed by atoms with Gasteiger partial charge in [-0.3, -0.25) is 4.79 Å². The molecule has 0 aliphatic heterocycles. The van der Waals surface area contributed by atoms with E-state index in [-0.39, 0.29) is 5.91 Å². The van der Waals surface area contributed by atoms with Crippen molar-refractivity contribution in [1.29, 1.82) is 0 Å². The quantitative estimate of drug-likeness (QED) is 0.488. The Bertz CT molecular complexity index is 424. The fraction of sp³-hybridized carbons (Fsp3) is 0.214. The minimum atomic E-state index is -0.132. The zero-order valence-corrected chi connectivity index (χ0v) is 11.0. The molecule has 96 valence electrons. The average Bonchev–Trinajstić information content (AvgIpc) is 2.37. The van der Waals surface area contributed by atoms with E-state index in [2.05, 4.69) is 5.32 Å². The first-order valence-electron chi connectivity index (χ1n) is 5.68. The lowest BCUT2D eigenvalue weighted by molar-refractivity contribution is -0.116. The van der Waals surface area contributed by atoms with Gasteiger partial charge in [0.2, 0.25) is 5.91 Å². The summed E-state index contributed by atoms with van der Waals surface area (Å²) in [5.74, 6) is 0.603. The molecule has 0 spiro atoms. The highest BCUT2D eigenvalue weighted by Crippen LogP contribution is 2.14. The first-order chi connectivity index (χ1) is 8.72. The molecule has 0 aliphatic rings. The van der Waals surface area contributed by atoms with Crippen molar-refractivity contribution in [2.24, 2.45) is 0 Å². The predicted molar refractivity (Wildman–Crippen MR) is 73.9 cm³/mol. The van der Waals surface area contributed by atoms with Gasteiger partial charge in [0.1, 0.15) is 12.4 Å². The zero-order valence-electron chi connectivity index (χ0n) is 10.2. The van der Waals surface area contributed by atoms with Crippen molar-refractivity contribution < 1.29 is 9.53 Å². The molecule has 0 unspecified atom stereocenters. The smallest absolute Gasteiger partial charge is 0.244 e. The molecular formula is C14H16ClNO2. The normalized spacial score (nSPS) is 11.0. The second-order valence-corrected chi connectivity index (χ2v) is 3.91. The van der Waals surface area contributed by atoms with Crippen LogP contribution in [0.1, 0.15) is 6.92 Å². The van der Waals surface area contributed by atoms with E-state index in [1.807, 2.05) is 13.0 Å². The minimum Gasteiger partial charge on any atom is -0.492 e. The Balaban J connectivity index is 2.18. The highest BCUT2D eigenvalue weighted by Gasteiger charge is 1.95. The summed E-state index contributed by atoms with van der Waals surface area (Å²) in [7, 11) is 0. The fourth-order valence-corrected chi connectivity index (χ4v) is 1.31. The Morgan fingerprint density at radius 1 is 1.33 bits per heavy atom. The molecular weight excluding hydrogens is 250 g/mol. The van der Waals surface area contributed by atoms with Crippen LogP contribution in [0.15, 0.2) is 48.6 Å². The lowest BCUT2D eigenvalue weighted by atomic mass is 10.3. The standard InChI is InChI=1S/C14H16ClNO2/c1-2-3-4-5-14(17)16-10-11-18-13-8-6-12(15)7-9-13/h2-9H,10-11H2,1H3,(H,16,17). The molecule has 0 saturated heterocycles. The molecule has 1 rings (SSSR count). The van der Waals surface area contributed by atoms with Crippen molar-refractivity contribution in [2.45, 2.75) is 6.92 Å². The van der Waals surface area contributed by atoms with Gasteiger partial charge in [-0.2, -0.15) is 0 Å². The monoisotopic (exact) mass is 265 g/mol. The number of allylic oxidation sites excluding steroid dienone is 3. The molecule has 0 bridgehead atoms. The number of hydrogen-bond acceptors (Lipinski definition) is 2. The number of hydrogen-bond donors (Lipinski definition) is 1. The van der Waals surface area contributed by atoms with Crippen molar-refractivity contribution in [2.75, 3.05) is 13.2 Å². The van der Waals surface area contributed by atoms with Gasteiger partial charge in [-0.15, -0.1) is 0 Å². The molecule has 0 fully saturated rings. The van der Waals surface area contributed by atoms with E-state index in [0.29, 0.717) is 18.2 Å². The predicted octanol–water partition coefficient (Wildman–Crippen LogP) is 2.97. The highest BCUT2D eigenvalue weighted by atomic mass is 35.5. The van der Waals surface area contributed by atoms with Crippen molar-refractivity contribution >= 4 is 17.5 Å². The van der Waals surface area contributed by atoms with Crippen LogP contribution in [-0.4, -0.2) is 19.1 Å². The van der Waals surface area contributed by atoms with E-state index in [4.69, 9.17) is 16.3 Å². The molecule has 0 aromatic heterocycles. The molecule has 18 heavy (non-hydrogen) atoms. The van der Waals surface area contributed by atoms with Crippen molar-refractivity contribution in [1.82, 2.24) is 5.32 Å². The topological polar surface area (TPSA) is 38.3 Å². The second kappa shape index (κ2) is 8.37. The van der Waals surface area contributed by atoms with Crippen LogP contribution in [0, 0.1) is 0 Å². The summed E-state index contributed by atoms with van der Waals surface area (Å²) < 4.78 is 5.43. The average molecular weight is 266 g/mol. The Morgan fingerprint density at radius 3 is 2.72 bits per heavy atom. The van der Waals surface area contributed by atoms with Crippen LogP contribution in [0.3, 0.4) is 0 Å². The highest BCUT2D eigenvalue weighted by molar-refractivity contribution is 6.30. The van der Waals surface area contributed by atoms with E-state index in [9.17, 15) is 4.79 Å². The number of carbonyl (C=O) groups is 1. The summed E-state index contributed by atoms with van der Waals surface area (Å²) >= 11 is 5.75. The van der Waals surface area contributed by atoms with E-state index in [1.165, 1.54) is 6.08 Å². The van der Waals surface area contributed by atoms with E-state index >= 15 is 0 Å². The summed E-state index contributed by atoms with van der Waals surface area (Å²) in [5, 5.41) is 3.38. The molecule has 0 aliphatic carbocycles. The SMILES string of the molecule is CC=CC=CC(=O)NCCOc1ccc(Cl)cc1. The number of rotatable bonds is 6. The molecule has 1 aromatic rings. The van der Waals surface area contributed by atoms with Crippen molar-refractivity contribution in [3.8, 4) is 5.75 Å². The van der Waals surface area contributed by atoms with Gasteiger partial charge in [0.05, 0.1) is 6.54 Å². The van der Waals surface area contributed by atoms with Crippen molar-refractivity contribution in [3.63, 3.8) is 0 Å². The zero-order chi connectivity index (χ0) is 13.2. The van der Waals surface area contributed by atoms with Gasteiger partial charge in [-0.1, -0.05) is 29.8 Å². The summed E-state index contributed by atoms with van der Waals surface area (Å²) in [5.41, 5.74) is 0. The second-order valence-electron chi connectivity index (χ2n) is 3.48.